The topological polar surface area (TPSA) is 7.12 Å². The van der Waals surface area contributed by atoms with Gasteiger partial charge in [-0.3, -0.25) is 0 Å². The van der Waals surface area contributed by atoms with Gasteiger partial charge in [0.05, 0.1) is 0 Å². The third-order valence-electron chi connectivity index (χ3n) is 3.40. The lowest BCUT2D eigenvalue weighted by Crippen LogP contribution is -2.36. The van der Waals surface area contributed by atoms with E-state index in [9.17, 15) is 0 Å². The summed E-state index contributed by atoms with van der Waals surface area (Å²) >= 11 is 0. The van der Waals surface area contributed by atoms with Crippen LogP contribution in [0.4, 0.5) is 0 Å². The van der Waals surface area contributed by atoms with E-state index in [0.29, 0.717) is 0 Å². The third-order valence-corrected chi connectivity index (χ3v) is 3.40. The van der Waals surface area contributed by atoms with Gasteiger partial charge in [0.2, 0.25) is 0 Å². The van der Waals surface area contributed by atoms with E-state index in [0.717, 1.165) is 6.54 Å². The molecule has 1 aromatic rings. The first-order chi connectivity index (χ1) is 7.84. The van der Waals surface area contributed by atoms with E-state index in [-0.39, 0.29) is 0 Å². The first kappa shape index (κ1) is 11.6. The Kier molecular flexibility index (Phi) is 4.34. The van der Waals surface area contributed by atoms with Crippen LogP contribution in [0.1, 0.15) is 31.2 Å². The highest BCUT2D eigenvalue weighted by molar-refractivity contribution is 5.03. The lowest BCUT2D eigenvalue weighted by Gasteiger charge is -2.25. The quantitative estimate of drug-likeness (QED) is 0.704. The maximum absolute atomic E-state index is 2.61. The monoisotopic (exact) mass is 219 g/mol. The zero-order valence-electron chi connectivity index (χ0n) is 10.4. The molecule has 0 aliphatic carbocycles. The molecular weight excluding hydrogens is 196 g/mol. The number of aryl methyl sites for hydroxylation is 2. The molecule has 16 heavy (non-hydrogen) atoms. The largest absolute Gasteiger partial charge is 0.303 e. The van der Waals surface area contributed by atoms with Crippen molar-refractivity contribution < 1.29 is 4.57 Å². The molecule has 1 saturated heterocycles. The zero-order valence-corrected chi connectivity index (χ0v) is 10.4. The Bertz CT molecular complexity index is 299. The fourth-order valence-corrected chi connectivity index (χ4v) is 2.34. The van der Waals surface area contributed by atoms with Crippen molar-refractivity contribution in [1.82, 2.24) is 4.90 Å². The zero-order chi connectivity index (χ0) is 11.2. The molecule has 0 N–H and O–H groups in total. The van der Waals surface area contributed by atoms with Crippen LogP contribution in [0.15, 0.2) is 24.5 Å². The second-order valence-electron chi connectivity index (χ2n) is 4.87. The predicted octanol–water partition coefficient (Wildman–Crippen LogP) is 2.16. The first-order valence-corrected chi connectivity index (χ1v) is 6.53. The van der Waals surface area contributed by atoms with Crippen molar-refractivity contribution in [3.8, 4) is 0 Å². The van der Waals surface area contributed by atoms with Gasteiger partial charge in [-0.25, -0.2) is 4.57 Å². The molecule has 1 aromatic heterocycles. The van der Waals surface area contributed by atoms with E-state index in [2.05, 4.69) is 40.9 Å². The second-order valence-corrected chi connectivity index (χ2v) is 4.87. The van der Waals surface area contributed by atoms with E-state index in [1.54, 1.807) is 0 Å². The summed E-state index contributed by atoms with van der Waals surface area (Å²) in [6.07, 6.45) is 9.88. The lowest BCUT2D eigenvalue weighted by molar-refractivity contribution is -0.697. The van der Waals surface area contributed by atoms with Crippen molar-refractivity contribution in [3.05, 3.63) is 30.1 Å². The van der Waals surface area contributed by atoms with Gasteiger partial charge in [-0.15, -0.1) is 0 Å². The Morgan fingerprint density at radius 3 is 2.50 bits per heavy atom. The standard InChI is InChI=1S/C14H23N2/c1-14-6-12-16(13-7-14)11-5-10-15-8-3-2-4-9-15/h6-7,12-13H,2-5,8-11H2,1H3/q+1. The Hall–Kier alpha value is -0.890. The molecule has 1 aliphatic heterocycles. The van der Waals surface area contributed by atoms with Gasteiger partial charge in [-0.1, -0.05) is 6.42 Å². The maximum atomic E-state index is 2.61. The molecular formula is C14H23N2+. The average Bonchev–Trinajstić information content (AvgIpc) is 2.33. The number of piperidine rings is 1. The van der Waals surface area contributed by atoms with Crippen molar-refractivity contribution in [3.63, 3.8) is 0 Å². The molecule has 0 aromatic carbocycles. The van der Waals surface area contributed by atoms with E-state index in [1.807, 2.05) is 0 Å². The molecule has 2 heterocycles. The minimum atomic E-state index is 1.15. The second kappa shape index (κ2) is 6.00. The SMILES string of the molecule is Cc1cc[n+](CCCN2CCCCC2)cc1. The highest BCUT2D eigenvalue weighted by Gasteiger charge is 2.10. The molecule has 0 saturated carbocycles. The van der Waals surface area contributed by atoms with Gasteiger partial charge >= 0.3 is 0 Å². The Morgan fingerprint density at radius 2 is 1.81 bits per heavy atom. The number of hydrogen-bond acceptors (Lipinski definition) is 1. The van der Waals surface area contributed by atoms with Crippen molar-refractivity contribution in [2.24, 2.45) is 0 Å². The summed E-state index contributed by atoms with van der Waals surface area (Å²) in [4.78, 5) is 2.61. The fraction of sp³-hybridized carbons (Fsp3) is 0.643. The van der Waals surface area contributed by atoms with Gasteiger partial charge in [0.25, 0.3) is 0 Å². The molecule has 88 valence electrons. The summed E-state index contributed by atoms with van der Waals surface area (Å²) < 4.78 is 2.29. The van der Waals surface area contributed by atoms with Gasteiger partial charge in [-0.2, -0.15) is 0 Å². The summed E-state index contributed by atoms with van der Waals surface area (Å²) in [5.74, 6) is 0. The molecule has 0 radical (unpaired) electrons. The smallest absolute Gasteiger partial charge is 0.169 e. The number of aromatic nitrogens is 1. The minimum absolute atomic E-state index is 1.15. The summed E-state index contributed by atoms with van der Waals surface area (Å²) in [5.41, 5.74) is 1.34. The van der Waals surface area contributed by atoms with Crippen LogP contribution in [-0.2, 0) is 6.54 Å². The van der Waals surface area contributed by atoms with Gasteiger partial charge < -0.3 is 4.90 Å². The van der Waals surface area contributed by atoms with Crippen LogP contribution in [0.3, 0.4) is 0 Å². The Morgan fingerprint density at radius 1 is 1.12 bits per heavy atom. The molecule has 0 spiro atoms. The van der Waals surface area contributed by atoms with Crippen LogP contribution in [0, 0.1) is 6.92 Å². The normalized spacial score (nSPS) is 17.6. The first-order valence-electron chi connectivity index (χ1n) is 6.53. The van der Waals surface area contributed by atoms with E-state index in [1.165, 1.54) is 50.9 Å². The summed E-state index contributed by atoms with van der Waals surface area (Å²) in [6, 6.07) is 4.36. The third kappa shape index (κ3) is 3.60. The number of rotatable bonds is 4. The van der Waals surface area contributed by atoms with Gasteiger partial charge in [-0.05, 0) is 38.4 Å². The van der Waals surface area contributed by atoms with E-state index in [4.69, 9.17) is 0 Å². The van der Waals surface area contributed by atoms with Crippen molar-refractivity contribution >= 4 is 0 Å². The van der Waals surface area contributed by atoms with Crippen molar-refractivity contribution in [2.45, 2.75) is 39.2 Å². The highest BCUT2D eigenvalue weighted by atomic mass is 15.1. The molecule has 1 aliphatic rings. The van der Waals surface area contributed by atoms with Crippen LogP contribution in [0.5, 0.6) is 0 Å². The number of pyridine rings is 1. The Balaban J connectivity index is 1.69. The molecule has 2 nitrogen and oxygen atoms in total. The molecule has 1 fully saturated rings. The van der Waals surface area contributed by atoms with Crippen LogP contribution < -0.4 is 4.57 Å². The molecule has 0 bridgehead atoms. The van der Waals surface area contributed by atoms with Gasteiger partial charge in [0.1, 0.15) is 6.54 Å². The van der Waals surface area contributed by atoms with Crippen molar-refractivity contribution in [2.75, 3.05) is 19.6 Å². The maximum Gasteiger partial charge on any atom is 0.169 e. The molecule has 0 atom stereocenters. The average molecular weight is 219 g/mol. The lowest BCUT2D eigenvalue weighted by atomic mass is 10.1. The van der Waals surface area contributed by atoms with E-state index >= 15 is 0 Å². The van der Waals surface area contributed by atoms with Crippen LogP contribution in [-0.4, -0.2) is 24.5 Å². The van der Waals surface area contributed by atoms with Gasteiger partial charge in [0.15, 0.2) is 12.4 Å². The molecule has 0 amide bonds. The van der Waals surface area contributed by atoms with Crippen LogP contribution in [0.25, 0.3) is 0 Å². The molecule has 2 rings (SSSR count). The minimum Gasteiger partial charge on any atom is -0.303 e. The predicted molar refractivity (Wildman–Crippen MR) is 66.3 cm³/mol. The van der Waals surface area contributed by atoms with E-state index < -0.39 is 0 Å². The van der Waals surface area contributed by atoms with Crippen LogP contribution >= 0.6 is 0 Å². The molecule has 2 heteroatoms. The van der Waals surface area contributed by atoms with Crippen LogP contribution in [0.2, 0.25) is 0 Å². The molecule has 0 unspecified atom stereocenters. The summed E-state index contributed by atoms with van der Waals surface area (Å²) in [5, 5.41) is 0. The number of nitrogens with zero attached hydrogens (tertiary/aromatic N) is 2. The fourth-order valence-electron chi connectivity index (χ4n) is 2.34. The highest BCUT2D eigenvalue weighted by Crippen LogP contribution is 2.08. The summed E-state index contributed by atoms with van der Waals surface area (Å²) in [6.45, 7) is 7.19. The number of likely N-dealkylation sites (tertiary alicyclic amines) is 1. The van der Waals surface area contributed by atoms with Crippen molar-refractivity contribution in [1.29, 1.82) is 0 Å². The number of hydrogen-bond donors (Lipinski definition) is 0. The van der Waals surface area contributed by atoms with Gasteiger partial charge in [0, 0.05) is 25.1 Å². The Labute approximate surface area is 98.9 Å². The summed E-state index contributed by atoms with van der Waals surface area (Å²) in [7, 11) is 0.